The molecule has 2 aliphatic heterocycles. The number of carbonyl (C=O) groups excluding carboxylic acids is 1. The average Bonchev–Trinajstić information content (AvgIpc) is 3.04. The molecule has 0 spiro atoms. The van der Waals surface area contributed by atoms with Crippen molar-refractivity contribution in [2.45, 2.75) is 26.3 Å². The number of aliphatic imine (C=N–C) groups is 2. The number of likely N-dealkylation sites (tertiary alicyclic amines) is 1. The van der Waals surface area contributed by atoms with E-state index in [1.807, 2.05) is 14.0 Å². The number of nitrogens with two attached hydrogens (primary N) is 1. The molecule has 0 radical (unpaired) electrons. The first-order valence-corrected chi connectivity index (χ1v) is 8.88. The number of hydrogen-bond acceptors (Lipinski definition) is 3. The number of rotatable bonds is 3. The number of nitrogens with zero attached hydrogens (tertiary/aromatic N) is 5. The third kappa shape index (κ3) is 3.57. The van der Waals surface area contributed by atoms with Crippen LogP contribution in [-0.2, 0) is 0 Å². The van der Waals surface area contributed by atoms with Crippen molar-refractivity contribution in [1.82, 2.24) is 9.80 Å². The van der Waals surface area contributed by atoms with E-state index in [1.165, 1.54) is 11.0 Å². The van der Waals surface area contributed by atoms with Gasteiger partial charge in [-0.3, -0.25) is 9.80 Å². The molecule has 1 fully saturated rings. The molecule has 2 N–H and O–H groups in total. The largest absolute Gasteiger partial charge is 0.368 e. The number of guanidine groups is 1. The highest BCUT2D eigenvalue weighted by Gasteiger charge is 2.40. The third-order valence-corrected chi connectivity index (χ3v) is 5.01. The summed E-state index contributed by atoms with van der Waals surface area (Å²) in [5.74, 6) is 0.0679. The van der Waals surface area contributed by atoms with E-state index in [-0.39, 0.29) is 24.6 Å². The Morgan fingerprint density at radius 1 is 1.37 bits per heavy atom. The number of hydrogen-bond donors (Lipinski definition) is 1. The molecule has 2 amide bonds. The monoisotopic (exact) mass is 372 g/mol. The zero-order chi connectivity index (χ0) is 19.7. The molecular formula is C19H25FN6O. The van der Waals surface area contributed by atoms with E-state index in [0.717, 1.165) is 18.5 Å². The SMILES string of the molecule is C=NC(N)=NC1=C(C)CN(c2c(C)cccc2F)C(=O)N1[C@@H]1CCN(C)C1. The maximum absolute atomic E-state index is 14.6. The van der Waals surface area contributed by atoms with Gasteiger partial charge in [-0.25, -0.2) is 14.2 Å². The molecule has 1 saturated heterocycles. The Hall–Kier alpha value is -2.74. The summed E-state index contributed by atoms with van der Waals surface area (Å²) in [4.78, 5) is 26.7. The second kappa shape index (κ2) is 7.48. The van der Waals surface area contributed by atoms with Gasteiger partial charge in [0.1, 0.15) is 11.6 Å². The van der Waals surface area contributed by atoms with E-state index in [9.17, 15) is 9.18 Å². The Kier molecular flexibility index (Phi) is 5.27. The number of anilines is 1. The highest BCUT2D eigenvalue weighted by molar-refractivity contribution is 5.96. The number of likely N-dealkylation sites (N-methyl/N-ethyl adjacent to an activating group) is 1. The van der Waals surface area contributed by atoms with E-state index >= 15 is 0 Å². The quantitative estimate of drug-likeness (QED) is 0.653. The van der Waals surface area contributed by atoms with Crippen molar-refractivity contribution in [3.63, 3.8) is 0 Å². The molecule has 3 rings (SSSR count). The summed E-state index contributed by atoms with van der Waals surface area (Å²) in [6.45, 7) is 8.88. The molecule has 2 aliphatic rings. The van der Waals surface area contributed by atoms with Gasteiger partial charge in [0, 0.05) is 6.54 Å². The molecule has 0 aliphatic carbocycles. The summed E-state index contributed by atoms with van der Waals surface area (Å²) in [7, 11) is 2.01. The van der Waals surface area contributed by atoms with Gasteiger partial charge >= 0.3 is 6.03 Å². The van der Waals surface area contributed by atoms with Crippen LogP contribution in [0.4, 0.5) is 14.9 Å². The lowest BCUT2D eigenvalue weighted by molar-refractivity contribution is 0.195. The van der Waals surface area contributed by atoms with Crippen LogP contribution in [0.5, 0.6) is 0 Å². The summed E-state index contributed by atoms with van der Waals surface area (Å²) in [6.07, 6.45) is 0.806. The van der Waals surface area contributed by atoms with Crippen molar-refractivity contribution < 1.29 is 9.18 Å². The van der Waals surface area contributed by atoms with Gasteiger partial charge in [-0.15, -0.1) is 0 Å². The Balaban J connectivity index is 2.10. The van der Waals surface area contributed by atoms with E-state index in [4.69, 9.17) is 5.73 Å². The van der Waals surface area contributed by atoms with Crippen LogP contribution in [-0.4, -0.2) is 61.2 Å². The molecular weight excluding hydrogens is 347 g/mol. The highest BCUT2D eigenvalue weighted by atomic mass is 19.1. The Bertz CT molecular complexity index is 813. The van der Waals surface area contributed by atoms with Gasteiger partial charge in [-0.2, -0.15) is 4.99 Å². The number of amides is 2. The maximum Gasteiger partial charge on any atom is 0.330 e. The number of halogens is 1. The number of urea groups is 1. The summed E-state index contributed by atoms with van der Waals surface area (Å²) in [5, 5.41) is 0. The molecule has 0 aromatic heterocycles. The average molecular weight is 372 g/mol. The number of para-hydroxylation sites is 1. The van der Waals surface area contributed by atoms with Gasteiger partial charge in [0.2, 0.25) is 5.96 Å². The molecule has 2 heterocycles. The first kappa shape index (κ1) is 19.0. The fraction of sp³-hybridized carbons (Fsp3) is 0.421. The molecule has 7 nitrogen and oxygen atoms in total. The van der Waals surface area contributed by atoms with Gasteiger partial charge in [0.25, 0.3) is 0 Å². The van der Waals surface area contributed by atoms with Gasteiger partial charge in [-0.05, 0) is 57.8 Å². The Morgan fingerprint density at radius 2 is 2.11 bits per heavy atom. The van der Waals surface area contributed by atoms with Gasteiger partial charge in [0.05, 0.1) is 18.3 Å². The second-order valence-electron chi connectivity index (χ2n) is 7.08. The van der Waals surface area contributed by atoms with E-state index < -0.39 is 5.82 Å². The van der Waals surface area contributed by atoms with E-state index in [2.05, 4.69) is 21.6 Å². The molecule has 0 unspecified atom stereocenters. The van der Waals surface area contributed by atoms with Gasteiger partial charge in [-0.1, -0.05) is 12.1 Å². The molecule has 144 valence electrons. The van der Waals surface area contributed by atoms with Crippen LogP contribution in [0, 0.1) is 12.7 Å². The van der Waals surface area contributed by atoms with Crippen molar-refractivity contribution in [2.75, 3.05) is 31.6 Å². The fourth-order valence-electron chi connectivity index (χ4n) is 3.69. The van der Waals surface area contributed by atoms with Crippen LogP contribution in [0.3, 0.4) is 0 Å². The lowest BCUT2D eigenvalue weighted by Gasteiger charge is -2.40. The Morgan fingerprint density at radius 3 is 2.70 bits per heavy atom. The van der Waals surface area contributed by atoms with Crippen molar-refractivity contribution in [3.05, 3.63) is 41.0 Å². The standard InChI is InChI=1S/C19H25FN6O/c1-12-6-5-7-15(20)16(12)25-10-13(2)17(23-18(21)22-3)26(19(25)27)14-8-9-24(4)11-14/h5-7,14H,3,8-11H2,1-2,4H3,(H2,21,23)/t14-/m1/s1. The lowest BCUT2D eigenvalue weighted by Crippen LogP contribution is -2.53. The smallest absolute Gasteiger partial charge is 0.330 e. The Labute approximate surface area is 158 Å². The summed E-state index contributed by atoms with van der Waals surface area (Å²) in [5.41, 5.74) is 7.59. The van der Waals surface area contributed by atoms with E-state index in [0.29, 0.717) is 23.6 Å². The number of benzene rings is 1. The van der Waals surface area contributed by atoms with Crippen LogP contribution >= 0.6 is 0 Å². The second-order valence-corrected chi connectivity index (χ2v) is 7.08. The van der Waals surface area contributed by atoms with Gasteiger partial charge < -0.3 is 10.6 Å². The fourth-order valence-corrected chi connectivity index (χ4v) is 3.69. The molecule has 27 heavy (non-hydrogen) atoms. The normalized spacial score (nSPS) is 22.0. The zero-order valence-electron chi connectivity index (χ0n) is 15.9. The number of carbonyl (C=O) groups is 1. The minimum absolute atomic E-state index is 0.00373. The molecule has 1 atom stereocenters. The lowest BCUT2D eigenvalue weighted by atomic mass is 10.1. The maximum atomic E-state index is 14.6. The van der Waals surface area contributed by atoms with Crippen LogP contribution < -0.4 is 10.6 Å². The topological polar surface area (TPSA) is 77.5 Å². The molecule has 1 aromatic carbocycles. The summed E-state index contributed by atoms with van der Waals surface area (Å²) >= 11 is 0. The first-order chi connectivity index (χ1) is 12.8. The third-order valence-electron chi connectivity index (χ3n) is 5.01. The minimum Gasteiger partial charge on any atom is -0.368 e. The van der Waals surface area contributed by atoms with Crippen molar-refractivity contribution in [2.24, 2.45) is 15.7 Å². The van der Waals surface area contributed by atoms with E-state index in [1.54, 1.807) is 24.0 Å². The highest BCUT2D eigenvalue weighted by Crippen LogP contribution is 2.33. The predicted molar refractivity (Wildman–Crippen MR) is 105 cm³/mol. The first-order valence-electron chi connectivity index (χ1n) is 8.88. The predicted octanol–water partition coefficient (Wildman–Crippen LogP) is 2.33. The van der Waals surface area contributed by atoms with Crippen LogP contribution in [0.1, 0.15) is 18.9 Å². The number of aryl methyl sites for hydroxylation is 1. The minimum atomic E-state index is -0.418. The van der Waals surface area contributed by atoms with Crippen LogP contribution in [0.25, 0.3) is 0 Å². The van der Waals surface area contributed by atoms with Crippen molar-refractivity contribution >= 4 is 24.4 Å². The van der Waals surface area contributed by atoms with Gasteiger partial charge in [0.15, 0.2) is 0 Å². The van der Waals surface area contributed by atoms with Crippen molar-refractivity contribution in [1.29, 1.82) is 0 Å². The summed E-state index contributed by atoms with van der Waals surface area (Å²) < 4.78 is 14.6. The zero-order valence-corrected chi connectivity index (χ0v) is 15.9. The summed E-state index contributed by atoms with van der Waals surface area (Å²) in [6, 6.07) is 4.44. The van der Waals surface area contributed by atoms with Crippen LogP contribution in [0.15, 0.2) is 39.6 Å². The van der Waals surface area contributed by atoms with Crippen LogP contribution in [0.2, 0.25) is 0 Å². The van der Waals surface area contributed by atoms with Crippen molar-refractivity contribution in [3.8, 4) is 0 Å². The molecule has 1 aromatic rings. The molecule has 8 heteroatoms. The molecule has 0 bridgehead atoms. The molecule has 0 saturated carbocycles.